The van der Waals surface area contributed by atoms with E-state index >= 15 is 0 Å². The van der Waals surface area contributed by atoms with Gasteiger partial charge in [-0.1, -0.05) is 94.8 Å². The predicted molar refractivity (Wildman–Crippen MR) is 129 cm³/mol. The molecule has 0 aliphatic heterocycles. The molecule has 4 rings (SSSR count). The fraction of sp³-hybridized carbons (Fsp3) is 0.0385. The average molecular weight is 470 g/mol. The Kier molecular flexibility index (Phi) is 6.65. The summed E-state index contributed by atoms with van der Waals surface area (Å²) in [4.78, 5) is 21.9. The van der Waals surface area contributed by atoms with E-state index in [-0.39, 0.29) is 12.3 Å². The molecule has 0 bridgehead atoms. The van der Waals surface area contributed by atoms with E-state index in [0.29, 0.717) is 11.5 Å². The van der Waals surface area contributed by atoms with E-state index in [1.54, 1.807) is 6.20 Å². The van der Waals surface area contributed by atoms with Gasteiger partial charge < -0.3 is 5.32 Å². The summed E-state index contributed by atoms with van der Waals surface area (Å²) in [5.41, 5.74) is 4.29. The van der Waals surface area contributed by atoms with Crippen molar-refractivity contribution in [2.45, 2.75) is 6.42 Å². The molecule has 152 valence electrons. The first-order chi connectivity index (χ1) is 15.2. The summed E-state index contributed by atoms with van der Waals surface area (Å²) in [6, 6.07) is 27.5. The van der Waals surface area contributed by atoms with Crippen LogP contribution in [0.3, 0.4) is 0 Å². The van der Waals surface area contributed by atoms with Gasteiger partial charge in [0.15, 0.2) is 5.82 Å². The number of benzene rings is 3. The number of carbonyl (C=O) groups excluding carboxylic acids is 1. The van der Waals surface area contributed by atoms with Crippen LogP contribution in [0.15, 0.2) is 95.6 Å². The van der Waals surface area contributed by atoms with Crippen LogP contribution in [0.25, 0.3) is 23.4 Å². The van der Waals surface area contributed by atoms with Gasteiger partial charge in [0.1, 0.15) is 5.69 Å². The highest BCUT2D eigenvalue weighted by molar-refractivity contribution is 9.10. The number of halogens is 1. The largest absolute Gasteiger partial charge is 0.309 e. The molecule has 0 saturated heterocycles. The van der Waals surface area contributed by atoms with Gasteiger partial charge in [-0.2, -0.15) is 0 Å². The minimum absolute atomic E-state index is 0.140. The topological polar surface area (TPSA) is 54.9 Å². The molecule has 0 unspecified atom stereocenters. The third-order valence-corrected chi connectivity index (χ3v) is 5.17. The second-order valence-electron chi connectivity index (χ2n) is 6.95. The second kappa shape index (κ2) is 9.96. The van der Waals surface area contributed by atoms with Gasteiger partial charge in [0.2, 0.25) is 5.91 Å². The van der Waals surface area contributed by atoms with Crippen molar-refractivity contribution in [2.24, 2.45) is 0 Å². The Hall–Kier alpha value is -3.57. The zero-order chi connectivity index (χ0) is 21.5. The van der Waals surface area contributed by atoms with E-state index in [1.807, 2.05) is 97.1 Å². The SMILES string of the molecule is O=C(Cc1ccc(Br)cc1)Nc1ncc(-c2ccccc2)nc1/C=C/c1ccccc1. The van der Waals surface area contributed by atoms with Crippen molar-refractivity contribution in [1.29, 1.82) is 0 Å². The number of carbonyl (C=O) groups is 1. The van der Waals surface area contributed by atoms with Gasteiger partial charge in [-0.3, -0.25) is 4.79 Å². The van der Waals surface area contributed by atoms with E-state index < -0.39 is 0 Å². The lowest BCUT2D eigenvalue weighted by Crippen LogP contribution is -2.16. The van der Waals surface area contributed by atoms with Gasteiger partial charge in [0.05, 0.1) is 18.3 Å². The van der Waals surface area contributed by atoms with Gasteiger partial charge in [-0.25, -0.2) is 9.97 Å². The molecule has 4 aromatic rings. The normalized spacial score (nSPS) is 10.9. The molecule has 1 heterocycles. The van der Waals surface area contributed by atoms with Gasteiger partial charge in [0.25, 0.3) is 0 Å². The van der Waals surface area contributed by atoms with E-state index in [2.05, 4.69) is 26.2 Å². The molecule has 0 aliphatic rings. The number of hydrogen-bond acceptors (Lipinski definition) is 3. The lowest BCUT2D eigenvalue weighted by atomic mass is 10.1. The first kappa shape index (κ1) is 20.7. The molecule has 0 radical (unpaired) electrons. The highest BCUT2D eigenvalue weighted by Gasteiger charge is 2.11. The Morgan fingerprint density at radius 3 is 2.26 bits per heavy atom. The van der Waals surface area contributed by atoms with Gasteiger partial charge in [-0.05, 0) is 29.3 Å². The third kappa shape index (κ3) is 5.74. The fourth-order valence-corrected chi connectivity index (χ4v) is 3.33. The Balaban J connectivity index is 1.61. The smallest absolute Gasteiger partial charge is 0.230 e. The molecule has 1 N–H and O–H groups in total. The zero-order valence-corrected chi connectivity index (χ0v) is 18.3. The number of nitrogens with zero attached hydrogens (tertiary/aromatic N) is 2. The van der Waals surface area contributed by atoms with Gasteiger partial charge in [0, 0.05) is 10.0 Å². The molecule has 4 nitrogen and oxygen atoms in total. The molecule has 5 heteroatoms. The lowest BCUT2D eigenvalue weighted by molar-refractivity contribution is -0.115. The monoisotopic (exact) mass is 469 g/mol. The van der Waals surface area contributed by atoms with Crippen molar-refractivity contribution in [3.63, 3.8) is 0 Å². The third-order valence-electron chi connectivity index (χ3n) is 4.64. The first-order valence-electron chi connectivity index (χ1n) is 9.87. The van der Waals surface area contributed by atoms with Crippen molar-refractivity contribution in [2.75, 3.05) is 5.32 Å². The summed E-state index contributed by atoms with van der Waals surface area (Å²) in [6.45, 7) is 0. The minimum atomic E-state index is -0.140. The van der Waals surface area contributed by atoms with Crippen molar-refractivity contribution in [3.05, 3.63) is 112 Å². The lowest BCUT2D eigenvalue weighted by Gasteiger charge is -2.10. The van der Waals surface area contributed by atoms with Crippen LogP contribution in [0.2, 0.25) is 0 Å². The second-order valence-corrected chi connectivity index (χ2v) is 7.87. The van der Waals surface area contributed by atoms with E-state index in [1.165, 1.54) is 0 Å². The van der Waals surface area contributed by atoms with Gasteiger partial charge >= 0.3 is 0 Å². The van der Waals surface area contributed by atoms with E-state index in [0.717, 1.165) is 26.9 Å². The van der Waals surface area contributed by atoms with Crippen LogP contribution in [0.1, 0.15) is 16.8 Å². The van der Waals surface area contributed by atoms with E-state index in [9.17, 15) is 4.79 Å². The quantitative estimate of drug-likeness (QED) is 0.362. The van der Waals surface area contributed by atoms with Crippen LogP contribution in [-0.4, -0.2) is 15.9 Å². The number of nitrogens with one attached hydrogen (secondary N) is 1. The Labute approximate surface area is 189 Å². The maximum Gasteiger partial charge on any atom is 0.230 e. The number of amides is 1. The average Bonchev–Trinajstić information content (AvgIpc) is 2.81. The molecular formula is C26H20BrN3O. The van der Waals surface area contributed by atoms with Crippen LogP contribution in [0.5, 0.6) is 0 Å². The molecule has 0 saturated carbocycles. The van der Waals surface area contributed by atoms with Crippen molar-refractivity contribution in [3.8, 4) is 11.3 Å². The van der Waals surface area contributed by atoms with Crippen LogP contribution in [0.4, 0.5) is 5.82 Å². The van der Waals surface area contributed by atoms with Crippen LogP contribution >= 0.6 is 15.9 Å². The summed E-state index contributed by atoms with van der Waals surface area (Å²) in [7, 11) is 0. The molecule has 0 atom stereocenters. The Morgan fingerprint density at radius 1 is 0.871 bits per heavy atom. The summed E-state index contributed by atoms with van der Waals surface area (Å²) >= 11 is 3.41. The number of anilines is 1. The molecule has 0 spiro atoms. The molecule has 0 fully saturated rings. The van der Waals surface area contributed by atoms with Gasteiger partial charge in [-0.15, -0.1) is 0 Å². The van der Waals surface area contributed by atoms with Crippen molar-refractivity contribution in [1.82, 2.24) is 9.97 Å². The molecule has 1 amide bonds. The standard InChI is InChI=1S/C26H20BrN3O/c27-22-14-11-20(12-15-22)17-25(31)30-26-23(16-13-19-7-3-1-4-8-19)29-24(18-28-26)21-9-5-2-6-10-21/h1-16,18H,17H2,(H,28,30,31)/b16-13+. The summed E-state index contributed by atoms with van der Waals surface area (Å²) in [5.74, 6) is 0.299. The van der Waals surface area contributed by atoms with Crippen LogP contribution < -0.4 is 5.32 Å². The maximum atomic E-state index is 12.6. The predicted octanol–water partition coefficient (Wildman–Crippen LogP) is 6.26. The molecule has 0 aliphatic carbocycles. The molecule has 3 aromatic carbocycles. The molecule has 1 aromatic heterocycles. The zero-order valence-electron chi connectivity index (χ0n) is 16.7. The van der Waals surface area contributed by atoms with Crippen LogP contribution in [-0.2, 0) is 11.2 Å². The number of rotatable bonds is 6. The van der Waals surface area contributed by atoms with Crippen LogP contribution in [0, 0.1) is 0 Å². The Morgan fingerprint density at radius 2 is 1.55 bits per heavy atom. The maximum absolute atomic E-state index is 12.6. The van der Waals surface area contributed by atoms with Crippen molar-refractivity contribution < 1.29 is 4.79 Å². The first-order valence-corrected chi connectivity index (χ1v) is 10.7. The number of hydrogen-bond donors (Lipinski definition) is 1. The summed E-state index contributed by atoms with van der Waals surface area (Å²) in [6.07, 6.45) is 5.79. The summed E-state index contributed by atoms with van der Waals surface area (Å²) < 4.78 is 0.979. The highest BCUT2D eigenvalue weighted by atomic mass is 79.9. The molecular weight excluding hydrogens is 450 g/mol. The molecule has 31 heavy (non-hydrogen) atoms. The summed E-state index contributed by atoms with van der Waals surface area (Å²) in [5, 5.41) is 2.91. The minimum Gasteiger partial charge on any atom is -0.309 e. The Bertz CT molecular complexity index is 1190. The highest BCUT2D eigenvalue weighted by Crippen LogP contribution is 2.21. The fourth-order valence-electron chi connectivity index (χ4n) is 3.07. The number of aromatic nitrogens is 2. The van der Waals surface area contributed by atoms with Crippen molar-refractivity contribution >= 4 is 39.8 Å². The van der Waals surface area contributed by atoms with E-state index in [4.69, 9.17) is 4.98 Å².